The van der Waals surface area contributed by atoms with E-state index >= 15 is 0 Å². The van der Waals surface area contributed by atoms with Gasteiger partial charge in [-0.2, -0.15) is 0 Å². The zero-order chi connectivity index (χ0) is 10.6. The van der Waals surface area contributed by atoms with E-state index in [0.29, 0.717) is 0 Å². The fourth-order valence-corrected chi connectivity index (χ4v) is 5.86. The molecule has 0 saturated carbocycles. The Morgan fingerprint density at radius 1 is 1.14 bits per heavy atom. The Bertz CT molecular complexity index is 131. The van der Waals surface area contributed by atoms with Crippen molar-refractivity contribution in [1.82, 2.24) is 0 Å². The van der Waals surface area contributed by atoms with Gasteiger partial charge >= 0.3 is 105 Å². The van der Waals surface area contributed by atoms with Crippen molar-refractivity contribution in [2.75, 3.05) is 6.26 Å². The van der Waals surface area contributed by atoms with Crippen molar-refractivity contribution in [3.63, 3.8) is 0 Å². The maximum absolute atomic E-state index is 2.42. The van der Waals surface area contributed by atoms with Crippen LogP contribution >= 0.6 is 11.8 Å². The van der Waals surface area contributed by atoms with E-state index < -0.39 is 0 Å². The predicted octanol–water partition coefficient (Wildman–Crippen LogP) is 4.69. The summed E-state index contributed by atoms with van der Waals surface area (Å²) in [5.74, 6) is 0. The summed E-state index contributed by atoms with van der Waals surface area (Å²) in [6.07, 6.45) is 10.6. The van der Waals surface area contributed by atoms with E-state index in [0.717, 1.165) is 0 Å². The number of rotatable bonds is 9. The first-order valence-electron chi connectivity index (χ1n) is 5.69. The molecule has 0 fully saturated rings. The second-order valence-corrected chi connectivity index (χ2v) is 7.67. The van der Waals surface area contributed by atoms with Crippen LogP contribution in [0.4, 0.5) is 0 Å². The van der Waals surface area contributed by atoms with Gasteiger partial charge in [-0.1, -0.05) is 0 Å². The van der Waals surface area contributed by atoms with Gasteiger partial charge in [0.25, 0.3) is 0 Å². The molecule has 0 aliphatic heterocycles. The molecule has 0 aliphatic carbocycles. The van der Waals surface area contributed by atoms with Gasteiger partial charge in [-0.15, -0.1) is 0 Å². The number of unbranched alkanes of at least 4 members (excludes halogenated alkanes) is 3. The molecule has 2 heteroatoms. The summed E-state index contributed by atoms with van der Waals surface area (Å²) in [5.41, 5.74) is 0. The SMILES string of the molecule is CCCCC/C(=C/SC)[Te]CCCC. The number of allylic oxidation sites excluding steroid dienone is 1. The molecule has 84 valence electrons. The molecule has 0 unspecified atom stereocenters. The standard InChI is InChI=1S/C12H24STe/c1-4-6-8-9-12(11-13-3)14-10-7-5-2/h11H,4-10H2,1-3H3/b12-11-. The Labute approximate surface area is 104 Å². The normalized spacial score (nSPS) is 12.1. The molecule has 0 heterocycles. The fourth-order valence-electron chi connectivity index (χ4n) is 1.19. The zero-order valence-corrected chi connectivity index (χ0v) is 13.0. The summed E-state index contributed by atoms with van der Waals surface area (Å²) in [5, 5.41) is 2.42. The van der Waals surface area contributed by atoms with Crippen LogP contribution in [0.15, 0.2) is 9.03 Å². The Balaban J connectivity index is 3.61. The van der Waals surface area contributed by atoms with Crippen molar-refractivity contribution in [3.05, 3.63) is 9.03 Å². The van der Waals surface area contributed by atoms with E-state index in [9.17, 15) is 0 Å². The van der Waals surface area contributed by atoms with Gasteiger partial charge in [-0.25, -0.2) is 0 Å². The van der Waals surface area contributed by atoms with Crippen LogP contribution in [0, 0.1) is 0 Å². The fraction of sp³-hybridized carbons (Fsp3) is 0.833. The van der Waals surface area contributed by atoms with E-state index in [-0.39, 0.29) is 20.9 Å². The van der Waals surface area contributed by atoms with Crippen molar-refractivity contribution in [2.24, 2.45) is 0 Å². The van der Waals surface area contributed by atoms with Crippen LogP contribution in [0.25, 0.3) is 0 Å². The van der Waals surface area contributed by atoms with Gasteiger partial charge in [0.2, 0.25) is 0 Å². The van der Waals surface area contributed by atoms with Gasteiger partial charge in [-0.3, -0.25) is 0 Å². The molecule has 14 heavy (non-hydrogen) atoms. The molecule has 0 nitrogen and oxygen atoms in total. The van der Waals surface area contributed by atoms with Gasteiger partial charge in [0, 0.05) is 0 Å². The monoisotopic (exact) mass is 330 g/mol. The van der Waals surface area contributed by atoms with Gasteiger partial charge < -0.3 is 0 Å². The average Bonchev–Trinajstić information content (AvgIpc) is 2.18. The summed E-state index contributed by atoms with van der Waals surface area (Å²) in [4.78, 5) is 0. The van der Waals surface area contributed by atoms with Crippen molar-refractivity contribution >= 4 is 32.7 Å². The maximum atomic E-state index is 2.42. The van der Waals surface area contributed by atoms with Crippen LogP contribution in [0.2, 0.25) is 4.47 Å². The molecule has 0 aromatic heterocycles. The number of thioether (sulfide) groups is 1. The summed E-state index contributed by atoms with van der Waals surface area (Å²) >= 11 is 2.09. The first-order valence-corrected chi connectivity index (χ1v) is 9.79. The minimum atomic E-state index is 0.193. The minimum absolute atomic E-state index is 0.193. The summed E-state index contributed by atoms with van der Waals surface area (Å²) < 4.78 is 3.32. The molecular weight excluding hydrogens is 304 g/mol. The Morgan fingerprint density at radius 3 is 2.43 bits per heavy atom. The van der Waals surface area contributed by atoms with Crippen LogP contribution < -0.4 is 0 Å². The Morgan fingerprint density at radius 2 is 1.86 bits per heavy atom. The summed E-state index contributed by atoms with van der Waals surface area (Å²) in [7, 11) is 0. The molecule has 0 aliphatic rings. The van der Waals surface area contributed by atoms with Gasteiger partial charge in [0.05, 0.1) is 0 Å². The third kappa shape index (κ3) is 9.44. The molecule has 0 rings (SSSR count). The van der Waals surface area contributed by atoms with Crippen LogP contribution in [0.3, 0.4) is 0 Å². The van der Waals surface area contributed by atoms with E-state index in [2.05, 4.69) is 25.5 Å². The molecule has 0 atom stereocenters. The molecule has 0 amide bonds. The molecular formula is C12H24STe. The van der Waals surface area contributed by atoms with Crippen molar-refractivity contribution in [2.45, 2.75) is 56.8 Å². The summed E-state index contributed by atoms with van der Waals surface area (Å²) in [6.45, 7) is 4.58. The van der Waals surface area contributed by atoms with E-state index in [4.69, 9.17) is 0 Å². The topological polar surface area (TPSA) is 0 Å². The zero-order valence-electron chi connectivity index (χ0n) is 9.84. The quantitative estimate of drug-likeness (QED) is 0.437. The van der Waals surface area contributed by atoms with Crippen molar-refractivity contribution in [1.29, 1.82) is 0 Å². The van der Waals surface area contributed by atoms with Crippen LogP contribution in [-0.4, -0.2) is 27.2 Å². The molecule has 0 saturated heterocycles. The Hall–Kier alpha value is 0.880. The van der Waals surface area contributed by atoms with Crippen LogP contribution in [0.1, 0.15) is 52.4 Å². The van der Waals surface area contributed by atoms with Gasteiger partial charge in [0.15, 0.2) is 0 Å². The van der Waals surface area contributed by atoms with E-state index in [1.165, 1.54) is 43.0 Å². The summed E-state index contributed by atoms with van der Waals surface area (Å²) in [6, 6.07) is 0. The van der Waals surface area contributed by atoms with E-state index in [1.807, 2.05) is 15.4 Å². The molecule has 0 aromatic rings. The van der Waals surface area contributed by atoms with Crippen molar-refractivity contribution in [3.8, 4) is 0 Å². The van der Waals surface area contributed by atoms with Crippen LogP contribution in [-0.2, 0) is 0 Å². The molecule has 0 aromatic carbocycles. The number of hydrogen-bond donors (Lipinski definition) is 0. The number of hydrogen-bond acceptors (Lipinski definition) is 1. The van der Waals surface area contributed by atoms with Gasteiger partial charge in [0.1, 0.15) is 0 Å². The Kier molecular flexibility index (Phi) is 12.7. The predicted molar refractivity (Wildman–Crippen MR) is 71.2 cm³/mol. The third-order valence-corrected chi connectivity index (χ3v) is 6.43. The first-order chi connectivity index (χ1) is 6.85. The molecule has 0 bridgehead atoms. The second kappa shape index (κ2) is 12.0. The van der Waals surface area contributed by atoms with Crippen molar-refractivity contribution < 1.29 is 0 Å². The van der Waals surface area contributed by atoms with Crippen LogP contribution in [0.5, 0.6) is 0 Å². The first kappa shape index (κ1) is 14.9. The molecule has 0 spiro atoms. The molecule has 0 radical (unpaired) electrons. The second-order valence-electron chi connectivity index (χ2n) is 3.48. The third-order valence-electron chi connectivity index (χ3n) is 2.06. The van der Waals surface area contributed by atoms with E-state index in [1.54, 1.807) is 0 Å². The van der Waals surface area contributed by atoms with Gasteiger partial charge in [-0.05, 0) is 0 Å². The molecule has 0 N–H and O–H groups in total. The average molecular weight is 328 g/mol.